The van der Waals surface area contributed by atoms with Crippen molar-refractivity contribution < 1.29 is 73.0 Å². The van der Waals surface area contributed by atoms with Crippen LogP contribution in [0.4, 0.5) is 74.8 Å². The number of fused-ring (bicyclic) bond motifs is 4. The molecule has 126 heavy (non-hydrogen) atoms. The Morgan fingerprint density at radius 1 is 0.357 bits per heavy atom. The van der Waals surface area contributed by atoms with Crippen LogP contribution in [0.15, 0.2) is 230 Å². The molecule has 4 amide bonds. The summed E-state index contributed by atoms with van der Waals surface area (Å²) in [6, 6.07) is 44.3. The van der Waals surface area contributed by atoms with Gasteiger partial charge in [0.15, 0.2) is 20.5 Å². The first-order valence-corrected chi connectivity index (χ1v) is 50.4. The minimum absolute atomic E-state index is 0. The molecular weight excluding hydrogens is 1810 g/mol. The van der Waals surface area contributed by atoms with E-state index in [1.165, 1.54) is 130 Å². The number of aromatic nitrogens is 4. The van der Waals surface area contributed by atoms with Crippen LogP contribution >= 0.6 is 68.5 Å². The fraction of sp³-hybridized carbons (Fsp3) is 0.256. The molecule has 20 rings (SSSR count). The number of halogens is 4. The van der Waals surface area contributed by atoms with Crippen LogP contribution in [0.5, 0.6) is 0 Å². The summed E-state index contributed by atoms with van der Waals surface area (Å²) in [4.78, 5) is 84.0. The monoisotopic (exact) mass is 1910 g/mol. The number of nitrogens with zero attached hydrogens (tertiary/aromatic N) is 12. The van der Waals surface area contributed by atoms with Gasteiger partial charge in [0.25, 0.3) is 40.1 Å². The molecule has 8 aliphatic heterocycles. The smallest absolute Gasteiger partial charge is 0.263 e. The van der Waals surface area contributed by atoms with Crippen molar-refractivity contribution >= 4 is 198 Å². The van der Waals surface area contributed by atoms with E-state index in [1.807, 2.05) is 41.0 Å². The second-order valence-electron chi connectivity index (χ2n) is 30.5. The number of hydrogen-bond acceptors (Lipinski definition) is 24. The van der Waals surface area contributed by atoms with Gasteiger partial charge in [0.2, 0.25) is 23.6 Å². The number of thiazole rings is 4. The number of hydrogen-bond donors (Lipinski definition) is 4. The third-order valence-electron chi connectivity index (χ3n) is 23.2. The minimum Gasteiger partial charge on any atom is -0.359 e. The molecule has 12 heterocycles. The van der Waals surface area contributed by atoms with E-state index < -0.39 is 52.0 Å². The highest BCUT2D eigenvalue weighted by molar-refractivity contribution is 7.94. The van der Waals surface area contributed by atoms with E-state index in [1.54, 1.807) is 108 Å². The Balaban J connectivity index is 0.000000197. The second kappa shape index (κ2) is 36.3. The predicted molar refractivity (Wildman–Crippen MR) is 507 cm³/mol. The van der Waals surface area contributed by atoms with Crippen molar-refractivity contribution in [3.63, 3.8) is 0 Å². The SMILES string of the molecule is Cc1ccc2c(c1Cl)CCN2[C@H]1CCN(c2ccc(S(=O)(=O)Nc3nccs3)cc2)C1=O.O=C1[C@@H](N2CCCc3ccccc32)CCN1c1ccc(S(=O)(=O)Nc2nccs2)cc1.O=C1[C@@H](N2CCc3c2ccc(F)c3Cl)CCN1c1ccc(S(=O)(=O)Nc2nccs2)cc1.O=C1[C@@H](N2CCc3cccc(F)c32)CCN1c1ccc(S(=O)(=O)Nc2nccs2)cc1.[HH].[HH].[HH].[HH].[HH].[HH].[HH].[HH]. The van der Waals surface area contributed by atoms with Crippen LogP contribution in [0.1, 0.15) is 71.3 Å². The molecule has 4 saturated heterocycles. The summed E-state index contributed by atoms with van der Waals surface area (Å²) in [5, 5.41) is 8.89. The molecule has 0 bridgehead atoms. The van der Waals surface area contributed by atoms with E-state index in [0.29, 0.717) is 109 Å². The summed E-state index contributed by atoms with van der Waals surface area (Å²) in [7, 11) is -15.0. The highest BCUT2D eigenvalue weighted by atomic mass is 35.5. The van der Waals surface area contributed by atoms with Gasteiger partial charge in [-0.2, -0.15) is 0 Å². The zero-order valence-corrected chi connectivity index (χ0v) is 75.1. The fourth-order valence-electron chi connectivity index (χ4n) is 17.2. The Labute approximate surface area is 764 Å². The van der Waals surface area contributed by atoms with Gasteiger partial charge < -0.3 is 39.2 Å². The van der Waals surface area contributed by atoms with Crippen molar-refractivity contribution in [2.75, 3.05) is 110 Å². The summed E-state index contributed by atoms with van der Waals surface area (Å²) in [5.41, 5.74) is 11.3. The van der Waals surface area contributed by atoms with Crippen molar-refractivity contribution in [1.82, 2.24) is 19.9 Å². The number of sulfonamides is 4. The Hall–Kier alpha value is -11.2. The summed E-state index contributed by atoms with van der Waals surface area (Å²) in [6.07, 6.45) is 13.0. The van der Waals surface area contributed by atoms with Gasteiger partial charge in [-0.25, -0.2) is 62.4 Å². The van der Waals surface area contributed by atoms with Crippen LogP contribution in [-0.2, 0) is 85.0 Å². The number of para-hydroxylation sites is 2. The maximum Gasteiger partial charge on any atom is 0.263 e. The van der Waals surface area contributed by atoms with Crippen LogP contribution < -0.4 is 58.1 Å². The lowest BCUT2D eigenvalue weighted by molar-refractivity contribution is -0.119. The molecule has 4 N–H and O–H groups in total. The topological polar surface area (TPSA) is 330 Å². The van der Waals surface area contributed by atoms with E-state index >= 15 is 0 Å². The van der Waals surface area contributed by atoms with E-state index in [0.717, 1.165) is 89.5 Å². The number of benzene rings is 8. The van der Waals surface area contributed by atoms with Gasteiger partial charge >= 0.3 is 0 Å². The lowest BCUT2D eigenvalue weighted by Gasteiger charge is -2.35. The molecule has 668 valence electrons. The Bertz CT molecular complexity index is 6270. The molecule has 0 aliphatic carbocycles. The summed E-state index contributed by atoms with van der Waals surface area (Å²) >= 11 is 17.4. The van der Waals surface area contributed by atoms with Gasteiger partial charge in [0.05, 0.1) is 30.3 Å². The van der Waals surface area contributed by atoms with Crippen LogP contribution in [0, 0.1) is 18.6 Å². The van der Waals surface area contributed by atoms with Gasteiger partial charge in [-0.3, -0.25) is 38.1 Å². The van der Waals surface area contributed by atoms with Crippen LogP contribution in [0.2, 0.25) is 10.0 Å². The molecule has 0 saturated carbocycles. The Kier molecular flexibility index (Phi) is 25.0. The summed E-state index contributed by atoms with van der Waals surface area (Å²) in [5.74, 6) is -0.851. The first-order valence-electron chi connectivity index (χ1n) is 40.2. The number of carbonyl (C=O) groups is 4. The van der Waals surface area contributed by atoms with Crippen molar-refractivity contribution in [3.05, 3.63) is 260 Å². The van der Waals surface area contributed by atoms with Gasteiger partial charge in [0.1, 0.15) is 35.8 Å². The van der Waals surface area contributed by atoms with E-state index in [9.17, 15) is 61.6 Å². The lowest BCUT2D eigenvalue weighted by Crippen LogP contribution is -2.44. The zero-order chi connectivity index (χ0) is 87.9. The van der Waals surface area contributed by atoms with Crippen LogP contribution in [0.25, 0.3) is 0 Å². The molecule has 0 unspecified atom stereocenters. The quantitative estimate of drug-likeness (QED) is 0.0551. The molecule has 8 aliphatic rings. The first-order chi connectivity index (χ1) is 60.7. The summed E-state index contributed by atoms with van der Waals surface area (Å²) < 4.78 is 138. The average Bonchev–Trinajstić information content (AvgIpc) is 1.62. The molecular formula is C86H96Cl2F2N16O12S8. The maximum atomic E-state index is 14.4. The minimum atomic E-state index is -3.76. The zero-order valence-electron chi connectivity index (χ0n) is 67.1. The van der Waals surface area contributed by atoms with Crippen molar-refractivity contribution in [2.24, 2.45) is 0 Å². The lowest BCUT2D eigenvalue weighted by atomic mass is 9.99. The molecule has 4 fully saturated rings. The van der Waals surface area contributed by atoms with Crippen molar-refractivity contribution in [2.45, 2.75) is 108 Å². The molecule has 0 spiro atoms. The van der Waals surface area contributed by atoms with Crippen molar-refractivity contribution in [3.8, 4) is 0 Å². The van der Waals surface area contributed by atoms with Crippen LogP contribution in [0.3, 0.4) is 0 Å². The number of anilines is 12. The van der Waals surface area contributed by atoms with E-state index in [4.69, 9.17) is 23.2 Å². The third kappa shape index (κ3) is 17.9. The van der Waals surface area contributed by atoms with Gasteiger partial charge in [-0.1, -0.05) is 59.6 Å². The first kappa shape index (κ1) is 86.9. The normalized spacial score (nSPS) is 18.5. The summed E-state index contributed by atoms with van der Waals surface area (Å²) in [6.45, 7) is 7.04. The highest BCUT2D eigenvalue weighted by Gasteiger charge is 2.45. The maximum absolute atomic E-state index is 14.4. The largest absolute Gasteiger partial charge is 0.359 e. The molecule has 4 aromatic heterocycles. The number of aryl methyl sites for hydroxylation is 2. The van der Waals surface area contributed by atoms with Crippen LogP contribution in [-0.4, -0.2) is 154 Å². The van der Waals surface area contributed by atoms with E-state index in [2.05, 4.69) is 66.8 Å². The van der Waals surface area contributed by atoms with Gasteiger partial charge in [0, 0.05) is 155 Å². The average molecular weight is 1910 g/mol. The number of amides is 4. The molecule has 8 aromatic carbocycles. The molecule has 40 heteroatoms. The highest BCUT2D eigenvalue weighted by Crippen LogP contribution is 2.44. The fourth-order valence-corrected chi connectivity index (χ4v) is 24.8. The number of carbonyl (C=O) groups excluding carboxylic acids is 4. The van der Waals surface area contributed by atoms with Crippen molar-refractivity contribution in [1.29, 1.82) is 0 Å². The van der Waals surface area contributed by atoms with Gasteiger partial charge in [-0.15, -0.1) is 45.3 Å². The molecule has 28 nitrogen and oxygen atoms in total. The Morgan fingerprint density at radius 3 is 1.08 bits per heavy atom. The van der Waals surface area contributed by atoms with E-state index in [-0.39, 0.29) is 88.7 Å². The number of rotatable bonds is 20. The predicted octanol–water partition coefficient (Wildman–Crippen LogP) is 16.7. The molecule has 12 aromatic rings. The third-order valence-corrected chi connectivity index (χ3v) is 32.8. The number of nitrogens with one attached hydrogen (secondary N) is 4. The molecule has 4 atom stereocenters. The Morgan fingerprint density at radius 2 is 0.698 bits per heavy atom. The molecule has 0 radical (unpaired) electrons. The second-order valence-corrected chi connectivity index (χ2v) is 41.5. The standard InChI is InChI=1S/C22H21ClN4O3S2.C22H22N4O3S2.C21H18ClFN4O3S2.C21H19FN4O3S2.8H2/c1-14-2-7-18-17(20(14)23)8-11-27(18)19-9-12-26(21(19)28)15-3-5-16(6-4-15)32(29,30)25-22-24-10-13-31-22;27-21-20(26-13-3-5-16-4-1-2-6-19(16)26)11-14-25(21)17-7-9-18(10-8-17)31(28,29)24-22-23-12-15-30-22;22-19-15-7-10-27(17(15)6-5-16(19)23)18-8-11-26(20(18)28)13-1-3-14(4-2-13)32(29,30)25-21-24-9-12-31-21;22-17-3-1-2-14-8-11-26(19(14)17)18-9-12-25(20(18)27)15-4-6-16(7-5-15)31(28,29)24-21-23-10-13-30-21;;;;;;;;/h2-7,10,13,19H,8-9,11-12H2,1H3,(H,24,25);1-2,4,6-10,12,15,20H,3,5,11,13-14H2,(H,23,24);1-6,9,12,18H,7-8,10-11H2,(H,24,25);1-7,10,13,18H,8-9,11-12H2,(H,23,24);8*1H/t19-;20-;2*18-;;;;;;;;/m0000......../s1. The van der Waals surface area contributed by atoms with Gasteiger partial charge in [-0.05, 0) is 220 Å².